The van der Waals surface area contributed by atoms with Crippen LogP contribution in [0.15, 0.2) is 54.7 Å². The normalized spacial score (nSPS) is 18.2. The van der Waals surface area contributed by atoms with Gasteiger partial charge in [-0.3, -0.25) is 5.01 Å². The van der Waals surface area contributed by atoms with E-state index in [1.54, 1.807) is 0 Å². The summed E-state index contributed by atoms with van der Waals surface area (Å²) in [6.45, 7) is 17.2. The Morgan fingerprint density at radius 2 is 1.86 bits per heavy atom. The van der Waals surface area contributed by atoms with Crippen molar-refractivity contribution >= 4 is 23.2 Å². The van der Waals surface area contributed by atoms with E-state index in [1.807, 2.05) is 0 Å². The number of pyridine rings is 1. The van der Waals surface area contributed by atoms with Crippen LogP contribution in [0.2, 0.25) is 0 Å². The summed E-state index contributed by atoms with van der Waals surface area (Å²) in [5.74, 6) is 0. The fourth-order valence-corrected chi connectivity index (χ4v) is 4.41. The molecule has 3 aromatic rings. The van der Waals surface area contributed by atoms with E-state index in [9.17, 15) is 0 Å². The highest BCUT2D eigenvalue weighted by molar-refractivity contribution is 5.85. The van der Waals surface area contributed by atoms with Crippen LogP contribution in [-0.4, -0.2) is 9.99 Å². The molecule has 1 saturated heterocycles. The van der Waals surface area contributed by atoms with E-state index in [0.29, 0.717) is 0 Å². The molecule has 0 spiro atoms. The van der Waals surface area contributed by atoms with Crippen LogP contribution in [0.4, 0.5) is 0 Å². The van der Waals surface area contributed by atoms with Crippen LogP contribution in [0.3, 0.4) is 0 Å². The number of nitrogens with one attached hydrogen (secondary N) is 1. The van der Waals surface area contributed by atoms with Gasteiger partial charge in [-0.05, 0) is 49.9 Å². The molecule has 2 heterocycles. The highest BCUT2D eigenvalue weighted by Gasteiger charge is 2.30. The van der Waals surface area contributed by atoms with Gasteiger partial charge in [0.25, 0.3) is 0 Å². The predicted octanol–water partition coefficient (Wildman–Crippen LogP) is 4.55. The third-order valence-electron chi connectivity index (χ3n) is 6.02. The zero-order valence-electron chi connectivity index (χ0n) is 17.8. The number of benzene rings is 2. The third-order valence-corrected chi connectivity index (χ3v) is 6.02. The Balaban J connectivity index is 1.92. The van der Waals surface area contributed by atoms with Crippen LogP contribution in [0.25, 0.3) is 23.2 Å². The minimum Gasteiger partial charge on any atom is -0.301 e. The van der Waals surface area contributed by atoms with Crippen LogP contribution in [0.5, 0.6) is 0 Å². The SMILES string of the molecule is C=C(CC)N1NC(=c2c(C)c3c(C)cccc3nc2=C)CC1c1ccc(C)cc1. The van der Waals surface area contributed by atoms with Crippen LogP contribution >= 0.6 is 0 Å². The maximum absolute atomic E-state index is 4.83. The molecule has 148 valence electrons. The van der Waals surface area contributed by atoms with Crippen molar-refractivity contribution < 1.29 is 0 Å². The molecule has 1 aromatic heterocycles. The highest BCUT2D eigenvalue weighted by Crippen LogP contribution is 2.35. The number of rotatable bonds is 3. The van der Waals surface area contributed by atoms with E-state index in [0.717, 1.165) is 34.6 Å². The number of allylic oxidation sites excluding steroid dienone is 1. The quantitative estimate of drug-likeness (QED) is 0.719. The second-order valence-electron chi connectivity index (χ2n) is 8.04. The largest absolute Gasteiger partial charge is 0.301 e. The highest BCUT2D eigenvalue weighted by atomic mass is 15.6. The molecular weight excluding hydrogens is 354 g/mol. The van der Waals surface area contributed by atoms with Crippen LogP contribution in [0, 0.1) is 20.8 Å². The molecule has 1 aliphatic rings. The molecule has 1 fully saturated rings. The summed E-state index contributed by atoms with van der Waals surface area (Å²) in [6, 6.07) is 15.3. The predicted molar refractivity (Wildman–Crippen MR) is 122 cm³/mol. The van der Waals surface area contributed by atoms with Gasteiger partial charge in [0.2, 0.25) is 0 Å². The zero-order chi connectivity index (χ0) is 20.7. The molecule has 2 aromatic carbocycles. The minimum atomic E-state index is 0.212. The number of aromatic nitrogens is 1. The van der Waals surface area contributed by atoms with Crippen LogP contribution < -0.4 is 16.0 Å². The molecule has 1 unspecified atom stereocenters. The Morgan fingerprint density at radius 3 is 2.55 bits per heavy atom. The number of hydrazine groups is 1. The van der Waals surface area contributed by atoms with E-state index in [1.165, 1.54) is 33.3 Å². The maximum atomic E-state index is 4.83. The Labute approximate surface area is 173 Å². The standard InChI is InChI=1S/C26H29N3/c1-7-18(4)29-24(21-13-11-16(2)12-14-21)15-23(28-29)26-19(5)25-17(3)9-8-10-22(25)27-20(26)6/h8-14,24,28H,4,6-7,15H2,1-3,5H3. The molecule has 0 bridgehead atoms. The molecule has 0 aliphatic carbocycles. The molecule has 3 nitrogen and oxygen atoms in total. The monoisotopic (exact) mass is 383 g/mol. The van der Waals surface area contributed by atoms with Crippen molar-refractivity contribution in [1.29, 1.82) is 0 Å². The topological polar surface area (TPSA) is 28.2 Å². The van der Waals surface area contributed by atoms with Crippen molar-refractivity contribution in [2.24, 2.45) is 0 Å². The van der Waals surface area contributed by atoms with Gasteiger partial charge < -0.3 is 5.43 Å². The van der Waals surface area contributed by atoms with Gasteiger partial charge in [-0.15, -0.1) is 0 Å². The first-order chi connectivity index (χ1) is 13.9. The van der Waals surface area contributed by atoms with Crippen molar-refractivity contribution in [3.8, 4) is 0 Å². The fourth-order valence-electron chi connectivity index (χ4n) is 4.41. The van der Waals surface area contributed by atoms with E-state index in [2.05, 4.69) is 93.8 Å². The molecule has 1 aliphatic heterocycles. The number of fused-ring (bicyclic) bond motifs is 1. The van der Waals surface area contributed by atoms with Gasteiger partial charge in [0.1, 0.15) is 0 Å². The van der Waals surface area contributed by atoms with Gasteiger partial charge in [-0.25, -0.2) is 4.98 Å². The number of hydrogen-bond donors (Lipinski definition) is 1. The maximum Gasteiger partial charge on any atom is 0.0804 e. The molecule has 4 rings (SSSR count). The fraction of sp³-hybridized carbons (Fsp3) is 0.269. The first-order valence-corrected chi connectivity index (χ1v) is 10.3. The lowest BCUT2D eigenvalue weighted by Crippen LogP contribution is -2.37. The summed E-state index contributed by atoms with van der Waals surface area (Å²) in [6.07, 6.45) is 1.78. The van der Waals surface area contributed by atoms with Crippen molar-refractivity contribution in [2.75, 3.05) is 0 Å². The Hall–Kier alpha value is -3.07. The summed E-state index contributed by atoms with van der Waals surface area (Å²) < 4.78 is 0. The molecule has 0 radical (unpaired) electrons. The van der Waals surface area contributed by atoms with Crippen LogP contribution in [0.1, 0.15) is 48.1 Å². The molecule has 3 heteroatoms. The zero-order valence-corrected chi connectivity index (χ0v) is 17.8. The Kier molecular flexibility index (Phi) is 4.91. The average Bonchev–Trinajstić information content (AvgIpc) is 3.12. The Morgan fingerprint density at radius 1 is 1.14 bits per heavy atom. The lowest BCUT2D eigenvalue weighted by atomic mass is 9.98. The van der Waals surface area contributed by atoms with Gasteiger partial charge in [0.15, 0.2) is 0 Å². The van der Waals surface area contributed by atoms with Gasteiger partial charge in [-0.2, -0.15) is 0 Å². The van der Waals surface area contributed by atoms with Crippen molar-refractivity contribution in [3.05, 3.63) is 87.6 Å². The third kappa shape index (κ3) is 3.31. The molecular formula is C26H29N3. The van der Waals surface area contributed by atoms with Gasteiger partial charge in [0.05, 0.1) is 16.9 Å². The minimum absolute atomic E-state index is 0.212. The van der Waals surface area contributed by atoms with Gasteiger partial charge >= 0.3 is 0 Å². The summed E-state index contributed by atoms with van der Waals surface area (Å²) in [5.41, 5.74) is 12.0. The Bertz CT molecular complexity index is 1210. The number of hydrogen-bond acceptors (Lipinski definition) is 3. The van der Waals surface area contributed by atoms with E-state index < -0.39 is 0 Å². The lowest BCUT2D eigenvalue weighted by Gasteiger charge is -2.27. The summed E-state index contributed by atoms with van der Waals surface area (Å²) >= 11 is 0. The van der Waals surface area contributed by atoms with E-state index >= 15 is 0 Å². The van der Waals surface area contributed by atoms with Gasteiger partial charge in [0, 0.05) is 28.4 Å². The summed E-state index contributed by atoms with van der Waals surface area (Å²) in [7, 11) is 0. The van der Waals surface area contributed by atoms with Gasteiger partial charge in [-0.1, -0.05) is 62.0 Å². The van der Waals surface area contributed by atoms with Crippen molar-refractivity contribution in [3.63, 3.8) is 0 Å². The van der Waals surface area contributed by atoms with Crippen molar-refractivity contribution in [1.82, 2.24) is 15.4 Å². The summed E-state index contributed by atoms with van der Waals surface area (Å²) in [4.78, 5) is 4.83. The lowest BCUT2D eigenvalue weighted by molar-refractivity contribution is 0.253. The first kappa shape index (κ1) is 19.3. The second kappa shape index (κ2) is 7.40. The molecule has 0 saturated carbocycles. The van der Waals surface area contributed by atoms with E-state index in [4.69, 9.17) is 4.98 Å². The smallest absolute Gasteiger partial charge is 0.0804 e. The molecule has 29 heavy (non-hydrogen) atoms. The first-order valence-electron chi connectivity index (χ1n) is 10.3. The summed E-state index contributed by atoms with van der Waals surface area (Å²) in [5, 5.41) is 5.41. The molecule has 1 atom stereocenters. The van der Waals surface area contributed by atoms with E-state index in [-0.39, 0.29) is 6.04 Å². The molecule has 1 N–H and O–H groups in total. The number of aryl methyl sites for hydroxylation is 3. The molecule has 0 amide bonds. The van der Waals surface area contributed by atoms with Crippen molar-refractivity contribution in [2.45, 2.75) is 46.6 Å². The van der Waals surface area contributed by atoms with Crippen LogP contribution in [-0.2, 0) is 0 Å². The second-order valence-corrected chi connectivity index (χ2v) is 8.04. The average molecular weight is 384 g/mol. The number of nitrogens with zero attached hydrogens (tertiary/aromatic N) is 2.